The number of aromatic nitrogens is 1. The topological polar surface area (TPSA) is 66.6 Å². The van der Waals surface area contributed by atoms with Crippen LogP contribution in [0.4, 0.5) is 0 Å². The maximum Gasteiger partial charge on any atom is 0.259 e. The number of likely N-dealkylation sites (tertiary alicyclic amines) is 1. The largest absolute Gasteiger partial charge is 0.391 e. The molecule has 0 bridgehead atoms. The lowest BCUT2D eigenvalue weighted by molar-refractivity contribution is 0.0764. The summed E-state index contributed by atoms with van der Waals surface area (Å²) in [6.07, 6.45) is 0.134. The van der Waals surface area contributed by atoms with Crippen LogP contribution in [-0.4, -0.2) is 40.3 Å². The van der Waals surface area contributed by atoms with Gasteiger partial charge in [0.1, 0.15) is 17.0 Å². The summed E-state index contributed by atoms with van der Waals surface area (Å²) in [7, 11) is 0. The Balaban J connectivity index is 2.02. The van der Waals surface area contributed by atoms with Crippen LogP contribution in [0, 0.1) is 6.92 Å². The Bertz CT molecular complexity index is 683. The fourth-order valence-corrected chi connectivity index (χ4v) is 2.77. The van der Waals surface area contributed by atoms with Gasteiger partial charge in [0.2, 0.25) is 0 Å². The van der Waals surface area contributed by atoms with Crippen molar-refractivity contribution >= 4 is 17.5 Å². The molecule has 2 heterocycles. The SMILES string of the molecule is Cc1onc(-c2ccccc2Cl)c1C(=O)N1CC[C@@H](O)C1. The fraction of sp³-hybridized carbons (Fsp3) is 0.333. The number of aliphatic hydroxyl groups excluding tert-OH is 1. The van der Waals surface area contributed by atoms with Crippen LogP contribution >= 0.6 is 11.6 Å². The molecule has 1 atom stereocenters. The number of hydrogen-bond acceptors (Lipinski definition) is 4. The van der Waals surface area contributed by atoms with Crippen LogP contribution in [0.1, 0.15) is 22.5 Å². The van der Waals surface area contributed by atoms with E-state index in [2.05, 4.69) is 5.16 Å². The third kappa shape index (κ3) is 2.54. The van der Waals surface area contributed by atoms with Crippen molar-refractivity contribution in [1.29, 1.82) is 0 Å². The smallest absolute Gasteiger partial charge is 0.259 e. The number of benzene rings is 1. The highest BCUT2D eigenvalue weighted by Crippen LogP contribution is 2.32. The van der Waals surface area contributed by atoms with Crippen molar-refractivity contribution in [2.75, 3.05) is 13.1 Å². The average Bonchev–Trinajstić information content (AvgIpc) is 3.05. The van der Waals surface area contributed by atoms with Gasteiger partial charge in [-0.1, -0.05) is 35.0 Å². The lowest BCUT2D eigenvalue weighted by Crippen LogP contribution is -2.30. The maximum absolute atomic E-state index is 12.7. The standard InChI is InChI=1S/C15H15ClN2O3/c1-9-13(15(20)18-7-6-10(19)8-18)14(17-21-9)11-4-2-3-5-12(11)16/h2-5,10,19H,6-8H2,1H3/t10-/m1/s1. The number of carbonyl (C=O) groups excluding carboxylic acids is 1. The Labute approximate surface area is 127 Å². The molecule has 1 saturated heterocycles. The average molecular weight is 307 g/mol. The van der Waals surface area contributed by atoms with E-state index in [1.165, 1.54) is 0 Å². The van der Waals surface area contributed by atoms with E-state index in [1.54, 1.807) is 24.0 Å². The molecule has 110 valence electrons. The van der Waals surface area contributed by atoms with Gasteiger partial charge in [-0.25, -0.2) is 0 Å². The number of nitrogens with zero attached hydrogens (tertiary/aromatic N) is 2. The molecule has 1 aliphatic heterocycles. The number of amides is 1. The molecular formula is C15H15ClN2O3. The zero-order chi connectivity index (χ0) is 15.0. The summed E-state index contributed by atoms with van der Waals surface area (Å²) in [5.74, 6) is 0.275. The van der Waals surface area contributed by atoms with Gasteiger partial charge >= 0.3 is 0 Å². The fourth-order valence-electron chi connectivity index (χ4n) is 2.55. The molecule has 0 radical (unpaired) electrons. The van der Waals surface area contributed by atoms with Crippen molar-refractivity contribution in [3.8, 4) is 11.3 Å². The lowest BCUT2D eigenvalue weighted by atomic mass is 10.1. The molecule has 3 rings (SSSR count). The highest BCUT2D eigenvalue weighted by molar-refractivity contribution is 6.33. The monoisotopic (exact) mass is 306 g/mol. The summed E-state index contributed by atoms with van der Waals surface area (Å²) >= 11 is 6.18. The van der Waals surface area contributed by atoms with Gasteiger partial charge in [0, 0.05) is 18.7 Å². The number of aryl methyl sites for hydroxylation is 1. The molecule has 0 unspecified atom stereocenters. The molecule has 2 aromatic rings. The quantitative estimate of drug-likeness (QED) is 0.926. The van der Waals surface area contributed by atoms with Crippen LogP contribution in [0.25, 0.3) is 11.3 Å². The van der Waals surface area contributed by atoms with Crippen LogP contribution in [0.15, 0.2) is 28.8 Å². The number of β-amino-alcohol motifs (C(OH)–C–C–N with tert-alkyl or cyclic N) is 1. The first kappa shape index (κ1) is 14.1. The Morgan fingerprint density at radius 2 is 2.24 bits per heavy atom. The molecule has 0 saturated carbocycles. The second-order valence-corrected chi connectivity index (χ2v) is 5.54. The van der Waals surface area contributed by atoms with Gasteiger partial charge in [0.25, 0.3) is 5.91 Å². The maximum atomic E-state index is 12.7. The van der Waals surface area contributed by atoms with Crippen LogP contribution < -0.4 is 0 Å². The Hall–Kier alpha value is -1.85. The van der Waals surface area contributed by atoms with E-state index >= 15 is 0 Å². The third-order valence-electron chi connectivity index (χ3n) is 3.66. The number of hydrogen-bond donors (Lipinski definition) is 1. The predicted octanol–water partition coefficient (Wildman–Crippen LogP) is 2.51. The first-order chi connectivity index (χ1) is 10.1. The first-order valence-electron chi connectivity index (χ1n) is 6.76. The van der Waals surface area contributed by atoms with Crippen molar-refractivity contribution in [2.45, 2.75) is 19.4 Å². The van der Waals surface area contributed by atoms with Crippen LogP contribution in [0.2, 0.25) is 5.02 Å². The number of halogens is 1. The van der Waals surface area contributed by atoms with Crippen LogP contribution in [-0.2, 0) is 0 Å². The second kappa shape index (κ2) is 5.50. The summed E-state index contributed by atoms with van der Waals surface area (Å²) in [5, 5.41) is 14.1. The molecule has 1 aliphatic rings. The molecule has 21 heavy (non-hydrogen) atoms. The third-order valence-corrected chi connectivity index (χ3v) is 3.99. The highest BCUT2D eigenvalue weighted by atomic mass is 35.5. The van der Waals surface area contributed by atoms with E-state index in [1.807, 2.05) is 12.1 Å². The second-order valence-electron chi connectivity index (χ2n) is 5.14. The van der Waals surface area contributed by atoms with Crippen molar-refractivity contribution in [3.05, 3.63) is 40.6 Å². The van der Waals surface area contributed by atoms with Gasteiger partial charge in [-0.15, -0.1) is 0 Å². The number of rotatable bonds is 2. The van der Waals surface area contributed by atoms with Crippen molar-refractivity contribution in [2.24, 2.45) is 0 Å². The molecule has 5 nitrogen and oxygen atoms in total. The summed E-state index contributed by atoms with van der Waals surface area (Å²) in [6.45, 7) is 2.57. The summed E-state index contributed by atoms with van der Waals surface area (Å²) in [6, 6.07) is 7.19. The van der Waals surface area contributed by atoms with Gasteiger partial charge in [0.15, 0.2) is 0 Å². The number of aliphatic hydroxyl groups is 1. The lowest BCUT2D eigenvalue weighted by Gasteiger charge is -2.15. The zero-order valence-corrected chi connectivity index (χ0v) is 12.3. The molecule has 0 aliphatic carbocycles. The van der Waals surface area contributed by atoms with Crippen molar-refractivity contribution in [1.82, 2.24) is 10.1 Å². The van der Waals surface area contributed by atoms with Crippen molar-refractivity contribution in [3.63, 3.8) is 0 Å². The van der Waals surface area contributed by atoms with E-state index in [0.29, 0.717) is 47.1 Å². The molecular weight excluding hydrogens is 292 g/mol. The molecule has 1 aromatic heterocycles. The van der Waals surface area contributed by atoms with E-state index < -0.39 is 6.10 Å². The normalized spacial score (nSPS) is 18.2. The minimum absolute atomic E-state index is 0.180. The van der Waals surface area contributed by atoms with Crippen molar-refractivity contribution < 1.29 is 14.4 Å². The molecule has 1 aromatic carbocycles. The zero-order valence-electron chi connectivity index (χ0n) is 11.5. The van der Waals surface area contributed by atoms with Gasteiger partial charge in [-0.2, -0.15) is 0 Å². The van der Waals surface area contributed by atoms with Gasteiger partial charge in [-0.05, 0) is 19.4 Å². The minimum atomic E-state index is -0.460. The van der Waals surface area contributed by atoms with E-state index in [0.717, 1.165) is 0 Å². The Morgan fingerprint density at radius 1 is 1.48 bits per heavy atom. The predicted molar refractivity (Wildman–Crippen MR) is 78.2 cm³/mol. The van der Waals surface area contributed by atoms with Gasteiger partial charge < -0.3 is 14.5 Å². The van der Waals surface area contributed by atoms with Gasteiger partial charge in [0.05, 0.1) is 11.1 Å². The summed E-state index contributed by atoms with van der Waals surface area (Å²) < 4.78 is 5.19. The molecule has 0 spiro atoms. The Morgan fingerprint density at radius 3 is 2.90 bits per heavy atom. The minimum Gasteiger partial charge on any atom is -0.391 e. The van der Waals surface area contributed by atoms with E-state index in [9.17, 15) is 9.90 Å². The van der Waals surface area contributed by atoms with E-state index in [4.69, 9.17) is 16.1 Å². The molecule has 1 N–H and O–H groups in total. The van der Waals surface area contributed by atoms with Gasteiger partial charge in [-0.3, -0.25) is 4.79 Å². The summed E-state index contributed by atoms with van der Waals surface area (Å²) in [4.78, 5) is 14.3. The highest BCUT2D eigenvalue weighted by Gasteiger charge is 2.31. The first-order valence-corrected chi connectivity index (χ1v) is 7.14. The Kier molecular flexibility index (Phi) is 3.69. The molecule has 1 amide bonds. The molecule has 6 heteroatoms. The number of carbonyl (C=O) groups is 1. The van der Waals surface area contributed by atoms with Crippen LogP contribution in [0.3, 0.4) is 0 Å². The molecule has 1 fully saturated rings. The summed E-state index contributed by atoms with van der Waals surface area (Å²) in [5.41, 5.74) is 1.53. The van der Waals surface area contributed by atoms with E-state index in [-0.39, 0.29) is 5.91 Å². The van der Waals surface area contributed by atoms with Crippen LogP contribution in [0.5, 0.6) is 0 Å².